The van der Waals surface area contributed by atoms with E-state index in [0.717, 1.165) is 25.0 Å². The lowest BCUT2D eigenvalue weighted by Gasteiger charge is -2.32. The lowest BCUT2D eigenvalue weighted by molar-refractivity contribution is -0.122. The van der Waals surface area contributed by atoms with Crippen LogP contribution in [-0.4, -0.2) is 44.5 Å². The summed E-state index contributed by atoms with van der Waals surface area (Å²) in [7, 11) is 1.55. The number of carbonyl (C=O) groups excluding carboxylic acids is 1. The van der Waals surface area contributed by atoms with Crippen LogP contribution in [-0.2, 0) is 19.0 Å². The first kappa shape index (κ1) is 13.8. The van der Waals surface area contributed by atoms with Gasteiger partial charge in [0.1, 0.15) is 6.79 Å². The zero-order valence-electron chi connectivity index (χ0n) is 12.0. The van der Waals surface area contributed by atoms with Crippen molar-refractivity contribution in [2.75, 3.05) is 27.1 Å². The third kappa shape index (κ3) is 2.10. The molecule has 0 radical (unpaired) electrons. The summed E-state index contributed by atoms with van der Waals surface area (Å²) in [6, 6.07) is 0. The summed E-state index contributed by atoms with van der Waals surface area (Å²) in [5.41, 5.74) is 0.696. The monoisotopic (exact) mass is 279 g/mol. The zero-order chi connectivity index (χ0) is 14.2. The van der Waals surface area contributed by atoms with Gasteiger partial charge < -0.3 is 19.5 Å². The fraction of sp³-hybridized carbons (Fsp3) is 0.667. The largest absolute Gasteiger partial charge is 0.493 e. The molecule has 110 valence electrons. The van der Waals surface area contributed by atoms with E-state index in [2.05, 4.69) is 5.32 Å². The highest BCUT2D eigenvalue weighted by molar-refractivity contribution is 6.02. The molecule has 3 atom stereocenters. The zero-order valence-corrected chi connectivity index (χ0v) is 12.0. The molecule has 5 nitrogen and oxygen atoms in total. The minimum atomic E-state index is -0.309. The number of hydrogen-bond donors (Lipinski definition) is 1. The van der Waals surface area contributed by atoms with Crippen molar-refractivity contribution >= 4 is 5.78 Å². The summed E-state index contributed by atoms with van der Waals surface area (Å²) in [4.78, 5) is 12.7. The van der Waals surface area contributed by atoms with Gasteiger partial charge in [-0.2, -0.15) is 0 Å². The molecule has 0 aromatic carbocycles. The molecule has 0 bridgehead atoms. The molecule has 3 rings (SSSR count). The van der Waals surface area contributed by atoms with E-state index in [1.165, 1.54) is 0 Å². The Morgan fingerprint density at radius 3 is 3.05 bits per heavy atom. The first-order chi connectivity index (χ1) is 9.68. The van der Waals surface area contributed by atoms with Gasteiger partial charge in [0, 0.05) is 0 Å². The van der Waals surface area contributed by atoms with E-state index in [1.54, 1.807) is 7.11 Å². The van der Waals surface area contributed by atoms with Crippen molar-refractivity contribution in [1.29, 1.82) is 0 Å². The average molecular weight is 279 g/mol. The van der Waals surface area contributed by atoms with Gasteiger partial charge in [-0.3, -0.25) is 4.79 Å². The van der Waals surface area contributed by atoms with Crippen LogP contribution in [0, 0.1) is 5.92 Å². The second kappa shape index (κ2) is 5.31. The van der Waals surface area contributed by atoms with E-state index in [1.807, 2.05) is 19.1 Å². The SMILES string of the molecule is COC1=C[C@@]2(CCCN2)[C@H](C2=CCOCOC2C)C1=O. The molecule has 1 spiro atoms. The second-order valence-corrected chi connectivity index (χ2v) is 5.58. The van der Waals surface area contributed by atoms with Gasteiger partial charge in [0.25, 0.3) is 0 Å². The van der Waals surface area contributed by atoms with Crippen molar-refractivity contribution in [2.45, 2.75) is 31.4 Å². The lowest BCUT2D eigenvalue weighted by Crippen LogP contribution is -2.47. The van der Waals surface area contributed by atoms with Crippen LogP contribution >= 0.6 is 0 Å². The molecule has 2 aliphatic heterocycles. The van der Waals surface area contributed by atoms with Gasteiger partial charge in [-0.05, 0) is 38.0 Å². The highest BCUT2D eigenvalue weighted by Gasteiger charge is 2.52. The number of ketones is 1. The minimum absolute atomic E-state index is 0.0468. The number of rotatable bonds is 2. The maximum atomic E-state index is 12.7. The molecular formula is C15H21NO4. The van der Waals surface area contributed by atoms with E-state index >= 15 is 0 Å². The van der Waals surface area contributed by atoms with Crippen LogP contribution in [0.5, 0.6) is 0 Å². The Labute approximate surface area is 119 Å². The van der Waals surface area contributed by atoms with Gasteiger partial charge in [0.2, 0.25) is 5.78 Å². The van der Waals surface area contributed by atoms with Crippen LogP contribution in [0.1, 0.15) is 19.8 Å². The van der Waals surface area contributed by atoms with Crippen molar-refractivity contribution in [1.82, 2.24) is 5.32 Å². The third-order valence-corrected chi connectivity index (χ3v) is 4.49. The summed E-state index contributed by atoms with van der Waals surface area (Å²) >= 11 is 0. The molecule has 1 aliphatic carbocycles. The number of ether oxygens (including phenoxy) is 3. The van der Waals surface area contributed by atoms with Crippen LogP contribution in [0.4, 0.5) is 0 Å². The molecule has 0 amide bonds. The van der Waals surface area contributed by atoms with Gasteiger partial charge in [0.05, 0.1) is 31.3 Å². The van der Waals surface area contributed by atoms with Crippen molar-refractivity contribution in [3.63, 3.8) is 0 Å². The van der Waals surface area contributed by atoms with Gasteiger partial charge in [0.15, 0.2) is 5.76 Å². The predicted molar refractivity (Wildman–Crippen MR) is 73.0 cm³/mol. The van der Waals surface area contributed by atoms with Gasteiger partial charge in [-0.25, -0.2) is 0 Å². The smallest absolute Gasteiger partial charge is 0.206 e. The standard InChI is InChI=1S/C15H21NO4/c1-10-11(4-7-19-9-20-10)13-14(17)12(18-2)8-15(13)5-3-6-16-15/h4,8,10,13,16H,3,5-7,9H2,1-2H3/t10?,13-,15+/m1/s1. The average Bonchev–Trinajstić information content (AvgIpc) is 2.94. The maximum absolute atomic E-state index is 12.7. The molecule has 0 aromatic rings. The van der Waals surface area contributed by atoms with E-state index in [-0.39, 0.29) is 30.1 Å². The molecule has 1 N–H and O–H groups in total. The number of nitrogens with one attached hydrogen (secondary N) is 1. The summed E-state index contributed by atoms with van der Waals surface area (Å²) in [5, 5.41) is 3.50. The number of Topliss-reactive ketones (excluding diaryl/α,β-unsaturated/α-hetero) is 1. The van der Waals surface area contributed by atoms with Crippen LogP contribution in [0.25, 0.3) is 0 Å². The Hall–Kier alpha value is -1.17. The van der Waals surface area contributed by atoms with Gasteiger partial charge >= 0.3 is 0 Å². The first-order valence-electron chi connectivity index (χ1n) is 7.13. The quantitative estimate of drug-likeness (QED) is 0.769. The molecule has 5 heteroatoms. The molecule has 1 fully saturated rings. The number of methoxy groups -OCH3 is 1. The van der Waals surface area contributed by atoms with Gasteiger partial charge in [-0.15, -0.1) is 0 Å². The van der Waals surface area contributed by atoms with Crippen LogP contribution in [0.2, 0.25) is 0 Å². The fourth-order valence-electron chi connectivity index (χ4n) is 3.50. The number of allylic oxidation sites excluding steroid dienone is 1. The third-order valence-electron chi connectivity index (χ3n) is 4.49. The molecule has 0 saturated carbocycles. The van der Waals surface area contributed by atoms with E-state index in [9.17, 15) is 4.79 Å². The summed E-state index contributed by atoms with van der Waals surface area (Å²) in [6.45, 7) is 3.66. The normalized spacial score (nSPS) is 37.8. The Morgan fingerprint density at radius 2 is 2.35 bits per heavy atom. The molecular weight excluding hydrogens is 258 g/mol. The molecule has 1 unspecified atom stereocenters. The van der Waals surface area contributed by atoms with Gasteiger partial charge in [-0.1, -0.05) is 6.08 Å². The highest BCUT2D eigenvalue weighted by atomic mass is 16.7. The Bertz CT molecular complexity index is 462. The summed E-state index contributed by atoms with van der Waals surface area (Å²) < 4.78 is 16.2. The van der Waals surface area contributed by atoms with Crippen LogP contribution in [0.15, 0.2) is 23.5 Å². The number of hydrogen-bond acceptors (Lipinski definition) is 5. The van der Waals surface area contributed by atoms with E-state index in [4.69, 9.17) is 14.2 Å². The Morgan fingerprint density at radius 1 is 1.50 bits per heavy atom. The van der Waals surface area contributed by atoms with Crippen molar-refractivity contribution in [3.8, 4) is 0 Å². The summed E-state index contributed by atoms with van der Waals surface area (Å²) in [5.74, 6) is 0.268. The molecule has 20 heavy (non-hydrogen) atoms. The first-order valence-corrected chi connectivity index (χ1v) is 7.13. The topological polar surface area (TPSA) is 56.8 Å². The fourth-order valence-corrected chi connectivity index (χ4v) is 3.50. The van der Waals surface area contributed by atoms with Crippen LogP contribution < -0.4 is 5.32 Å². The van der Waals surface area contributed by atoms with Crippen molar-refractivity contribution in [3.05, 3.63) is 23.5 Å². The minimum Gasteiger partial charge on any atom is -0.493 e. The van der Waals surface area contributed by atoms with Crippen LogP contribution in [0.3, 0.4) is 0 Å². The second-order valence-electron chi connectivity index (χ2n) is 5.58. The molecule has 2 heterocycles. The van der Waals surface area contributed by atoms with Crippen molar-refractivity contribution < 1.29 is 19.0 Å². The van der Waals surface area contributed by atoms with Crippen molar-refractivity contribution in [2.24, 2.45) is 5.92 Å². The van der Waals surface area contributed by atoms with E-state index < -0.39 is 0 Å². The molecule has 1 saturated heterocycles. The summed E-state index contributed by atoms with van der Waals surface area (Å²) in [6.07, 6.45) is 5.86. The van der Waals surface area contributed by atoms with E-state index in [0.29, 0.717) is 12.4 Å². The highest BCUT2D eigenvalue weighted by Crippen LogP contribution is 2.43. The maximum Gasteiger partial charge on any atom is 0.206 e. The Balaban J connectivity index is 1.98. The predicted octanol–water partition coefficient (Wildman–Crippen LogP) is 1.16. The number of carbonyl (C=O) groups is 1. The molecule has 0 aromatic heterocycles. The molecule has 3 aliphatic rings. The lowest BCUT2D eigenvalue weighted by atomic mass is 9.78. The Kier molecular flexibility index (Phi) is 3.67.